The Morgan fingerprint density at radius 2 is 1.64 bits per heavy atom. The molecule has 3 rings (SSSR count). The van der Waals surface area contributed by atoms with E-state index in [0.717, 1.165) is 16.1 Å². The molecule has 1 atom stereocenters. The van der Waals surface area contributed by atoms with Gasteiger partial charge in [-0.05, 0) is 59.9 Å². The van der Waals surface area contributed by atoms with Crippen LogP contribution in [0.15, 0.2) is 72.8 Å². The maximum Gasteiger partial charge on any atom is 0.243 e. The van der Waals surface area contributed by atoms with Gasteiger partial charge in [-0.2, -0.15) is 0 Å². The minimum absolute atomic E-state index is 0.00531. The van der Waals surface area contributed by atoms with Gasteiger partial charge in [-0.15, -0.1) is 0 Å². The van der Waals surface area contributed by atoms with E-state index in [9.17, 15) is 22.4 Å². The lowest BCUT2D eigenvalue weighted by molar-refractivity contribution is -0.141. The number of sulfonamides is 1. The van der Waals surface area contributed by atoms with Crippen LogP contribution in [-0.4, -0.2) is 50.5 Å². The molecule has 2 amide bonds. The lowest BCUT2D eigenvalue weighted by Crippen LogP contribution is -2.51. The number of hydrogen-bond acceptors (Lipinski definition) is 4. The molecule has 11 heteroatoms. The second-order valence-electron chi connectivity index (χ2n) is 10.5. The molecule has 0 radical (unpaired) electrons. The van der Waals surface area contributed by atoms with Crippen LogP contribution in [0, 0.1) is 11.7 Å². The van der Waals surface area contributed by atoms with Crippen molar-refractivity contribution in [3.63, 3.8) is 0 Å². The summed E-state index contributed by atoms with van der Waals surface area (Å²) in [6.07, 6.45) is 1.45. The van der Waals surface area contributed by atoms with Crippen molar-refractivity contribution >= 4 is 50.7 Å². The van der Waals surface area contributed by atoms with Crippen LogP contribution < -0.4 is 9.62 Å². The summed E-state index contributed by atoms with van der Waals surface area (Å²) >= 11 is 12.6. The standard InChI is InChI=1S/C31H36Cl2FN3O4S/c1-22(2)20-35-31(39)29(18-23-8-5-4-6-9-23)36(21-24-11-12-25(32)19-28(24)33)30(38)10-7-17-37(42(3,40)41)27-15-13-26(34)14-16-27/h4-6,8-9,11-16,19,22,29H,7,10,17-18,20-21H2,1-3H3,(H,35,39)/t29-/m1/s1. The first-order chi connectivity index (χ1) is 19.8. The summed E-state index contributed by atoms with van der Waals surface area (Å²) in [5, 5.41) is 3.77. The third-order valence-electron chi connectivity index (χ3n) is 6.58. The van der Waals surface area contributed by atoms with Gasteiger partial charge in [-0.3, -0.25) is 13.9 Å². The quantitative estimate of drug-likeness (QED) is 0.232. The minimum Gasteiger partial charge on any atom is -0.354 e. The first-order valence-electron chi connectivity index (χ1n) is 13.6. The summed E-state index contributed by atoms with van der Waals surface area (Å²) < 4.78 is 39.6. The molecule has 0 saturated carbocycles. The molecular formula is C31H36Cl2FN3O4S. The van der Waals surface area contributed by atoms with Crippen molar-refractivity contribution in [3.8, 4) is 0 Å². The van der Waals surface area contributed by atoms with Crippen molar-refractivity contribution in [1.82, 2.24) is 10.2 Å². The van der Waals surface area contributed by atoms with Crippen LogP contribution in [0.2, 0.25) is 10.0 Å². The molecule has 7 nitrogen and oxygen atoms in total. The van der Waals surface area contributed by atoms with Crippen molar-refractivity contribution in [1.29, 1.82) is 0 Å². The van der Waals surface area contributed by atoms with Gasteiger partial charge in [-0.25, -0.2) is 12.8 Å². The van der Waals surface area contributed by atoms with Crippen molar-refractivity contribution in [3.05, 3.63) is 99.8 Å². The largest absolute Gasteiger partial charge is 0.354 e. The molecule has 1 N–H and O–H groups in total. The molecule has 0 spiro atoms. The number of benzene rings is 3. The predicted octanol–water partition coefficient (Wildman–Crippen LogP) is 6.09. The van der Waals surface area contributed by atoms with Crippen LogP contribution in [0.25, 0.3) is 0 Å². The summed E-state index contributed by atoms with van der Waals surface area (Å²) in [6, 6.07) is 18.6. The van der Waals surface area contributed by atoms with Crippen molar-refractivity contribution in [2.45, 2.75) is 45.7 Å². The van der Waals surface area contributed by atoms with Gasteiger partial charge < -0.3 is 10.2 Å². The highest BCUT2D eigenvalue weighted by atomic mass is 35.5. The van der Waals surface area contributed by atoms with E-state index in [4.69, 9.17) is 23.2 Å². The van der Waals surface area contributed by atoms with E-state index in [1.54, 1.807) is 18.2 Å². The van der Waals surface area contributed by atoms with Crippen LogP contribution in [0.5, 0.6) is 0 Å². The molecule has 0 aromatic heterocycles. The molecule has 0 unspecified atom stereocenters. The molecule has 0 aliphatic rings. The molecule has 3 aromatic carbocycles. The summed E-state index contributed by atoms with van der Waals surface area (Å²) in [6.45, 7) is 4.45. The zero-order chi connectivity index (χ0) is 30.9. The van der Waals surface area contributed by atoms with E-state index in [2.05, 4.69) is 5.32 Å². The topological polar surface area (TPSA) is 86.8 Å². The van der Waals surface area contributed by atoms with Crippen LogP contribution >= 0.6 is 23.2 Å². The van der Waals surface area contributed by atoms with Gasteiger partial charge in [0.25, 0.3) is 0 Å². The Kier molecular flexibility index (Phi) is 12.2. The van der Waals surface area contributed by atoms with Crippen molar-refractivity contribution < 1.29 is 22.4 Å². The summed E-state index contributed by atoms with van der Waals surface area (Å²) in [7, 11) is -3.70. The molecule has 226 valence electrons. The lowest BCUT2D eigenvalue weighted by atomic mass is 10.0. The number of hydrogen-bond donors (Lipinski definition) is 1. The highest BCUT2D eigenvalue weighted by molar-refractivity contribution is 7.92. The zero-order valence-electron chi connectivity index (χ0n) is 23.9. The average Bonchev–Trinajstić information content (AvgIpc) is 2.93. The normalized spacial score (nSPS) is 12.2. The van der Waals surface area contributed by atoms with Crippen LogP contribution in [0.3, 0.4) is 0 Å². The summed E-state index contributed by atoms with van der Waals surface area (Å²) in [4.78, 5) is 28.9. The van der Waals surface area contributed by atoms with Gasteiger partial charge in [0.15, 0.2) is 0 Å². The number of nitrogens with zero attached hydrogens (tertiary/aromatic N) is 2. The van der Waals surface area contributed by atoms with E-state index in [0.29, 0.717) is 27.8 Å². The van der Waals surface area contributed by atoms with E-state index in [1.165, 1.54) is 29.2 Å². The summed E-state index contributed by atoms with van der Waals surface area (Å²) in [5.74, 6) is -0.919. The van der Waals surface area contributed by atoms with Gasteiger partial charge in [0.05, 0.1) is 11.9 Å². The number of nitrogens with one attached hydrogen (secondary N) is 1. The van der Waals surface area contributed by atoms with E-state index in [1.807, 2.05) is 44.2 Å². The van der Waals surface area contributed by atoms with Gasteiger partial charge in [-0.1, -0.05) is 73.4 Å². The fourth-order valence-electron chi connectivity index (χ4n) is 4.42. The number of halogens is 3. The molecule has 0 aliphatic heterocycles. The lowest BCUT2D eigenvalue weighted by Gasteiger charge is -2.32. The summed E-state index contributed by atoms with van der Waals surface area (Å²) in [5.41, 5.74) is 1.79. The molecule has 3 aromatic rings. The van der Waals surface area contributed by atoms with Crippen LogP contribution in [0.1, 0.15) is 37.8 Å². The SMILES string of the molecule is CC(C)CNC(=O)[C@@H](Cc1ccccc1)N(Cc1ccc(Cl)cc1Cl)C(=O)CCCN(c1ccc(F)cc1)S(C)(=O)=O. The van der Waals surface area contributed by atoms with Gasteiger partial charge >= 0.3 is 0 Å². The monoisotopic (exact) mass is 635 g/mol. The molecule has 0 fully saturated rings. The van der Waals surface area contributed by atoms with Crippen molar-refractivity contribution in [2.24, 2.45) is 5.92 Å². The molecule has 0 saturated heterocycles. The molecule has 0 aliphatic carbocycles. The highest BCUT2D eigenvalue weighted by Crippen LogP contribution is 2.25. The third-order valence-corrected chi connectivity index (χ3v) is 8.36. The fraction of sp³-hybridized carbons (Fsp3) is 0.355. The number of carbonyl (C=O) groups excluding carboxylic acids is 2. The Bertz CT molecular complexity index is 1450. The fourth-order valence-corrected chi connectivity index (χ4v) is 5.85. The molecule has 0 heterocycles. The van der Waals surface area contributed by atoms with Gasteiger partial charge in [0.1, 0.15) is 11.9 Å². The third kappa shape index (κ3) is 10.00. The Hall–Kier alpha value is -3.14. The van der Waals surface area contributed by atoms with Crippen molar-refractivity contribution in [2.75, 3.05) is 23.7 Å². The number of anilines is 1. The van der Waals surface area contributed by atoms with Crippen LogP contribution in [0.4, 0.5) is 10.1 Å². The van der Waals surface area contributed by atoms with E-state index < -0.39 is 21.9 Å². The van der Waals surface area contributed by atoms with E-state index >= 15 is 0 Å². The number of carbonyl (C=O) groups is 2. The first kappa shape index (κ1) is 33.4. The molecule has 0 bridgehead atoms. The van der Waals surface area contributed by atoms with Crippen LogP contribution in [-0.2, 0) is 32.6 Å². The number of amides is 2. The predicted molar refractivity (Wildman–Crippen MR) is 167 cm³/mol. The highest BCUT2D eigenvalue weighted by Gasteiger charge is 2.31. The first-order valence-corrected chi connectivity index (χ1v) is 16.2. The molecule has 42 heavy (non-hydrogen) atoms. The Balaban J connectivity index is 1.90. The van der Waals surface area contributed by atoms with Gasteiger partial charge in [0.2, 0.25) is 21.8 Å². The average molecular weight is 637 g/mol. The zero-order valence-corrected chi connectivity index (χ0v) is 26.2. The maximum atomic E-state index is 13.9. The minimum atomic E-state index is -3.70. The second kappa shape index (κ2) is 15.4. The Morgan fingerprint density at radius 3 is 2.24 bits per heavy atom. The second-order valence-corrected chi connectivity index (χ2v) is 13.3. The Labute approximate surface area is 257 Å². The smallest absolute Gasteiger partial charge is 0.243 e. The van der Waals surface area contributed by atoms with Gasteiger partial charge in [0, 0.05) is 42.5 Å². The molecular weight excluding hydrogens is 600 g/mol. The Morgan fingerprint density at radius 1 is 0.976 bits per heavy atom. The number of rotatable bonds is 14. The van der Waals surface area contributed by atoms with E-state index in [-0.39, 0.29) is 50.1 Å². The maximum absolute atomic E-state index is 13.9.